The van der Waals surface area contributed by atoms with Crippen molar-refractivity contribution in [1.29, 1.82) is 0 Å². The zero-order valence-corrected chi connectivity index (χ0v) is 52.8. The molecular weight excluding hydrogens is 997 g/mol. The fourth-order valence-corrected chi connectivity index (χ4v) is 9.14. The van der Waals surface area contributed by atoms with Gasteiger partial charge in [0.25, 0.3) is 0 Å². The van der Waals surface area contributed by atoms with Gasteiger partial charge in [0.2, 0.25) is 0 Å². The monoisotopic (exact) mass is 1120 g/mol. The summed E-state index contributed by atoms with van der Waals surface area (Å²) in [6.45, 7) is 6.40. The molecule has 6 nitrogen and oxygen atoms in total. The molecule has 1 atom stereocenters. The lowest BCUT2D eigenvalue weighted by atomic mass is 10.1. The molecule has 0 aromatic carbocycles. The van der Waals surface area contributed by atoms with Gasteiger partial charge >= 0.3 is 17.9 Å². The highest BCUT2D eigenvalue weighted by Crippen LogP contribution is 2.16. The molecule has 0 bridgehead atoms. The van der Waals surface area contributed by atoms with E-state index in [1.54, 1.807) is 0 Å². The van der Waals surface area contributed by atoms with E-state index in [0.29, 0.717) is 19.3 Å². The second-order valence-electron chi connectivity index (χ2n) is 22.0. The Balaban J connectivity index is 4.47. The van der Waals surface area contributed by atoms with Crippen LogP contribution in [0.5, 0.6) is 0 Å². The van der Waals surface area contributed by atoms with Gasteiger partial charge < -0.3 is 14.2 Å². The van der Waals surface area contributed by atoms with Crippen LogP contribution >= 0.6 is 0 Å². The number of ether oxygens (including phenoxy) is 3. The van der Waals surface area contributed by atoms with E-state index < -0.39 is 6.10 Å². The molecule has 0 spiro atoms. The summed E-state index contributed by atoms with van der Waals surface area (Å²) in [5.41, 5.74) is 0. The summed E-state index contributed by atoms with van der Waals surface area (Å²) in [6.07, 6.45) is 95.9. The molecule has 0 heterocycles. The third-order valence-electron chi connectivity index (χ3n) is 14.1. The maximum absolute atomic E-state index is 12.9. The third-order valence-corrected chi connectivity index (χ3v) is 14.1. The number of hydrogen-bond acceptors (Lipinski definition) is 6. The summed E-state index contributed by atoms with van der Waals surface area (Å²) < 4.78 is 17.0. The standard InChI is InChI=1S/C75H124O6/c1-4-7-10-13-16-19-22-25-28-31-34-36-37-39-41-44-47-50-53-56-59-62-65-68-74(77)80-71-72(70-79-73(76)67-64-61-58-55-52-49-46-43-40-33-30-27-24-21-18-15-12-9-6-3)81-75(78)69-66-63-60-57-54-51-48-45-42-38-35-32-29-26-23-20-17-14-11-8-5-2/h7-8,10-11,16-17,19-20,25-30,34-36,38-39,41,45,48,72H,4-6,9,12-15,18,21-24,31-33,37,40,42-44,46-47,49-71H2,1-3H3/b10-7-,11-8-,19-16-,20-17-,28-25-,29-26-,30-27-,36-34-,38-35-,41-39-,48-45-. The van der Waals surface area contributed by atoms with Crippen LogP contribution in [0.1, 0.15) is 303 Å². The topological polar surface area (TPSA) is 78.9 Å². The van der Waals surface area contributed by atoms with Crippen molar-refractivity contribution in [1.82, 2.24) is 0 Å². The van der Waals surface area contributed by atoms with E-state index >= 15 is 0 Å². The Morgan fingerprint density at radius 1 is 0.259 bits per heavy atom. The van der Waals surface area contributed by atoms with Gasteiger partial charge in [0.15, 0.2) is 6.10 Å². The lowest BCUT2D eigenvalue weighted by Crippen LogP contribution is -2.30. The van der Waals surface area contributed by atoms with E-state index in [4.69, 9.17) is 14.2 Å². The van der Waals surface area contributed by atoms with Crippen LogP contribution in [0.15, 0.2) is 134 Å². The van der Waals surface area contributed by atoms with Crippen molar-refractivity contribution < 1.29 is 28.6 Å². The van der Waals surface area contributed by atoms with E-state index in [2.05, 4.69) is 154 Å². The van der Waals surface area contributed by atoms with Crippen LogP contribution in [0.25, 0.3) is 0 Å². The Labute approximate surface area is 500 Å². The molecule has 0 aliphatic heterocycles. The van der Waals surface area contributed by atoms with Crippen LogP contribution in [0.4, 0.5) is 0 Å². The molecule has 0 aliphatic rings. The van der Waals surface area contributed by atoms with E-state index in [-0.39, 0.29) is 31.1 Å². The molecule has 460 valence electrons. The molecule has 6 heteroatoms. The van der Waals surface area contributed by atoms with Crippen LogP contribution in [0, 0.1) is 0 Å². The Bertz CT molecular complexity index is 1720. The van der Waals surface area contributed by atoms with Gasteiger partial charge in [-0.3, -0.25) is 14.4 Å². The van der Waals surface area contributed by atoms with Crippen molar-refractivity contribution in [3.63, 3.8) is 0 Å². The van der Waals surface area contributed by atoms with Gasteiger partial charge in [0, 0.05) is 19.3 Å². The predicted octanol–water partition coefficient (Wildman–Crippen LogP) is 23.3. The average Bonchev–Trinajstić information content (AvgIpc) is 3.47. The van der Waals surface area contributed by atoms with Gasteiger partial charge in [-0.25, -0.2) is 0 Å². The van der Waals surface area contributed by atoms with Crippen LogP contribution < -0.4 is 0 Å². The Hall–Kier alpha value is -4.45. The normalized spacial score (nSPS) is 13.0. The second-order valence-corrected chi connectivity index (χ2v) is 22.0. The summed E-state index contributed by atoms with van der Waals surface area (Å²) in [5.74, 6) is -0.920. The number of unbranched alkanes of at least 4 members (excludes halogenated alkanes) is 27. The van der Waals surface area contributed by atoms with Crippen LogP contribution in [0.3, 0.4) is 0 Å². The summed E-state index contributed by atoms with van der Waals surface area (Å²) in [4.78, 5) is 38.5. The smallest absolute Gasteiger partial charge is 0.306 e. The molecule has 0 amide bonds. The zero-order valence-electron chi connectivity index (χ0n) is 52.8. The lowest BCUT2D eigenvalue weighted by molar-refractivity contribution is -0.167. The lowest BCUT2D eigenvalue weighted by Gasteiger charge is -2.18. The summed E-state index contributed by atoms with van der Waals surface area (Å²) >= 11 is 0. The van der Waals surface area contributed by atoms with Crippen LogP contribution in [-0.4, -0.2) is 37.2 Å². The van der Waals surface area contributed by atoms with Crippen molar-refractivity contribution in [2.24, 2.45) is 0 Å². The van der Waals surface area contributed by atoms with Crippen molar-refractivity contribution in [3.05, 3.63) is 134 Å². The van der Waals surface area contributed by atoms with Crippen LogP contribution in [-0.2, 0) is 28.6 Å². The predicted molar refractivity (Wildman–Crippen MR) is 353 cm³/mol. The zero-order chi connectivity index (χ0) is 58.5. The fourth-order valence-electron chi connectivity index (χ4n) is 9.14. The van der Waals surface area contributed by atoms with Gasteiger partial charge in [0.1, 0.15) is 13.2 Å². The SMILES string of the molecule is CC/C=C\C/C=C\C/C=C\C/C=C\C/C=C\CCCCCCCCCC(=O)OCC(COC(=O)CCCCCCCCCCC/C=C\CCCCCCCC)OC(=O)CCCCCCC/C=C\C/C=C\C/C=C\C/C=C\C/C=C\CC. The fraction of sp³-hybridized carbons (Fsp3) is 0.667. The minimum absolute atomic E-state index is 0.0936. The number of esters is 3. The maximum atomic E-state index is 12.9. The minimum atomic E-state index is -0.801. The van der Waals surface area contributed by atoms with E-state index in [1.807, 2.05) is 0 Å². The number of allylic oxidation sites excluding steroid dienone is 22. The van der Waals surface area contributed by atoms with Crippen LogP contribution in [0.2, 0.25) is 0 Å². The van der Waals surface area contributed by atoms with Gasteiger partial charge in [-0.15, -0.1) is 0 Å². The van der Waals surface area contributed by atoms with E-state index in [1.165, 1.54) is 116 Å². The van der Waals surface area contributed by atoms with Crippen molar-refractivity contribution in [3.8, 4) is 0 Å². The number of carbonyl (C=O) groups excluding carboxylic acids is 3. The minimum Gasteiger partial charge on any atom is -0.462 e. The van der Waals surface area contributed by atoms with Gasteiger partial charge in [-0.1, -0.05) is 283 Å². The average molecular weight is 1120 g/mol. The van der Waals surface area contributed by atoms with Crippen molar-refractivity contribution >= 4 is 17.9 Å². The molecule has 0 aromatic heterocycles. The Kier molecular flexibility index (Phi) is 64.3. The molecule has 0 aromatic rings. The van der Waals surface area contributed by atoms with E-state index in [0.717, 1.165) is 148 Å². The first-order valence-corrected chi connectivity index (χ1v) is 33.7. The van der Waals surface area contributed by atoms with Gasteiger partial charge in [-0.2, -0.15) is 0 Å². The quantitative estimate of drug-likeness (QED) is 0.0261. The third kappa shape index (κ3) is 66.2. The molecule has 0 fully saturated rings. The summed E-state index contributed by atoms with van der Waals surface area (Å²) in [5, 5.41) is 0. The van der Waals surface area contributed by atoms with E-state index in [9.17, 15) is 14.4 Å². The molecule has 0 N–H and O–H groups in total. The molecule has 81 heavy (non-hydrogen) atoms. The van der Waals surface area contributed by atoms with Crippen molar-refractivity contribution in [2.75, 3.05) is 13.2 Å². The second kappa shape index (κ2) is 68.1. The molecule has 0 rings (SSSR count). The Morgan fingerprint density at radius 3 is 0.765 bits per heavy atom. The molecule has 0 saturated carbocycles. The highest BCUT2D eigenvalue weighted by Gasteiger charge is 2.19. The number of hydrogen-bond donors (Lipinski definition) is 0. The first-order valence-electron chi connectivity index (χ1n) is 33.7. The Morgan fingerprint density at radius 2 is 0.481 bits per heavy atom. The first-order chi connectivity index (χ1) is 40.0. The van der Waals surface area contributed by atoms with Crippen molar-refractivity contribution in [2.45, 2.75) is 309 Å². The number of carbonyl (C=O) groups is 3. The molecule has 0 radical (unpaired) electrons. The molecule has 0 saturated heterocycles. The number of rotatable bonds is 60. The molecule has 1 unspecified atom stereocenters. The van der Waals surface area contributed by atoms with Gasteiger partial charge in [0.05, 0.1) is 0 Å². The largest absolute Gasteiger partial charge is 0.462 e. The summed E-state index contributed by atoms with van der Waals surface area (Å²) in [7, 11) is 0. The maximum Gasteiger partial charge on any atom is 0.306 e. The highest BCUT2D eigenvalue weighted by molar-refractivity contribution is 5.71. The molecule has 0 aliphatic carbocycles. The first kappa shape index (κ1) is 76.5. The summed E-state index contributed by atoms with van der Waals surface area (Å²) in [6, 6.07) is 0. The van der Waals surface area contributed by atoms with Gasteiger partial charge in [-0.05, 0) is 135 Å². The molecular formula is C75H124O6. The highest BCUT2D eigenvalue weighted by atomic mass is 16.6.